The third-order valence-corrected chi connectivity index (χ3v) is 4.27. The summed E-state index contributed by atoms with van der Waals surface area (Å²) in [5, 5.41) is 6.72. The first kappa shape index (κ1) is 20.8. The van der Waals surface area contributed by atoms with Crippen LogP contribution in [0.2, 0.25) is 0 Å². The van der Waals surface area contributed by atoms with Gasteiger partial charge in [0.25, 0.3) is 0 Å². The van der Waals surface area contributed by atoms with Crippen LogP contribution in [-0.4, -0.2) is 60.5 Å². The maximum atomic E-state index is 5.52. The van der Waals surface area contributed by atoms with Crippen molar-refractivity contribution in [3.63, 3.8) is 0 Å². The zero-order valence-electron chi connectivity index (χ0n) is 16.2. The first-order chi connectivity index (χ1) is 12.7. The Hall–Kier alpha value is -1.51. The minimum absolute atomic E-state index is 0.251. The number of aromatic nitrogens is 3. The van der Waals surface area contributed by atoms with E-state index in [1.54, 1.807) is 0 Å². The van der Waals surface area contributed by atoms with Gasteiger partial charge in [-0.1, -0.05) is 33.1 Å². The van der Waals surface area contributed by atoms with E-state index in [2.05, 4.69) is 39.4 Å². The maximum Gasteiger partial charge on any atom is 0.227 e. The van der Waals surface area contributed by atoms with Crippen LogP contribution < -0.4 is 16.4 Å². The maximum absolute atomic E-state index is 5.52. The highest BCUT2D eigenvalue weighted by Gasteiger charge is 2.16. The summed E-state index contributed by atoms with van der Waals surface area (Å²) in [5.41, 5.74) is 5.36. The van der Waals surface area contributed by atoms with E-state index < -0.39 is 0 Å². The molecule has 0 spiro atoms. The predicted molar refractivity (Wildman–Crippen MR) is 104 cm³/mol. The zero-order chi connectivity index (χ0) is 18.6. The van der Waals surface area contributed by atoms with E-state index >= 15 is 0 Å². The molecular weight excluding hydrogens is 332 g/mol. The lowest BCUT2D eigenvalue weighted by Gasteiger charge is -2.23. The van der Waals surface area contributed by atoms with Crippen molar-refractivity contribution in [3.05, 3.63) is 5.82 Å². The number of nitrogens with zero attached hydrogens (tertiary/aromatic N) is 3. The van der Waals surface area contributed by atoms with Crippen molar-refractivity contribution in [1.29, 1.82) is 0 Å². The molecule has 1 aliphatic rings. The Kier molecular flexibility index (Phi) is 9.58. The average molecular weight is 367 g/mol. The van der Waals surface area contributed by atoms with Crippen molar-refractivity contribution in [2.45, 2.75) is 57.9 Å². The van der Waals surface area contributed by atoms with Gasteiger partial charge in [0.1, 0.15) is 5.82 Å². The fraction of sp³-hybridized carbons (Fsp3) is 0.833. The van der Waals surface area contributed by atoms with Crippen LogP contribution in [0.25, 0.3) is 0 Å². The highest BCUT2D eigenvalue weighted by molar-refractivity contribution is 5.35. The second kappa shape index (κ2) is 12.0. The van der Waals surface area contributed by atoms with Crippen LogP contribution >= 0.6 is 0 Å². The number of anilines is 2. The summed E-state index contributed by atoms with van der Waals surface area (Å²) in [6.45, 7) is 7.63. The molecule has 0 amide bonds. The van der Waals surface area contributed by atoms with Gasteiger partial charge in [-0.2, -0.15) is 15.0 Å². The minimum atomic E-state index is 0.251. The number of nitrogens with two attached hydrogens (primary N) is 1. The van der Waals surface area contributed by atoms with Crippen LogP contribution in [-0.2, 0) is 9.47 Å². The summed E-state index contributed by atoms with van der Waals surface area (Å²) in [7, 11) is 0. The Morgan fingerprint density at radius 2 is 1.65 bits per heavy atom. The number of rotatable bonds is 12. The average Bonchev–Trinajstić information content (AvgIpc) is 2.64. The van der Waals surface area contributed by atoms with E-state index in [0.29, 0.717) is 57.5 Å². The van der Waals surface area contributed by atoms with Gasteiger partial charge in [0.2, 0.25) is 11.9 Å². The van der Waals surface area contributed by atoms with Gasteiger partial charge in [0, 0.05) is 25.0 Å². The van der Waals surface area contributed by atoms with E-state index in [4.69, 9.17) is 15.2 Å². The van der Waals surface area contributed by atoms with Crippen LogP contribution in [0.3, 0.4) is 0 Å². The largest absolute Gasteiger partial charge is 0.378 e. The molecule has 0 aromatic carbocycles. The van der Waals surface area contributed by atoms with E-state index in [1.807, 2.05) is 0 Å². The Bertz CT molecular complexity index is 508. The number of nitrogens with one attached hydrogen (secondary N) is 2. The Morgan fingerprint density at radius 3 is 2.35 bits per heavy atom. The molecule has 1 aliphatic carbocycles. The molecule has 1 fully saturated rings. The zero-order valence-corrected chi connectivity index (χ0v) is 16.2. The SMILES string of the molecule is CC(C)c1nc(NCCOCCOCCN)nc(NC2CCCCC2)n1. The summed E-state index contributed by atoms with van der Waals surface area (Å²) in [6.07, 6.45) is 6.25. The van der Waals surface area contributed by atoms with Crippen molar-refractivity contribution in [1.82, 2.24) is 15.0 Å². The molecule has 4 N–H and O–H groups in total. The number of ether oxygens (including phenoxy) is 2. The standard InChI is InChI=1S/C18H34N6O2/c1-14(2)16-22-17(20-9-11-26-13-12-25-10-8-19)24-18(23-16)21-15-6-4-3-5-7-15/h14-15H,3-13,19H2,1-2H3,(H2,20,21,22,23,24). The molecule has 8 nitrogen and oxygen atoms in total. The van der Waals surface area contributed by atoms with Crippen molar-refractivity contribution in [2.75, 3.05) is 50.2 Å². The van der Waals surface area contributed by atoms with Gasteiger partial charge in [0.15, 0.2) is 0 Å². The molecule has 1 aromatic heterocycles. The molecule has 0 unspecified atom stereocenters. The van der Waals surface area contributed by atoms with Crippen molar-refractivity contribution in [3.8, 4) is 0 Å². The van der Waals surface area contributed by atoms with E-state index in [0.717, 1.165) is 5.82 Å². The van der Waals surface area contributed by atoms with Gasteiger partial charge in [-0.15, -0.1) is 0 Å². The fourth-order valence-corrected chi connectivity index (χ4v) is 2.86. The van der Waals surface area contributed by atoms with Crippen LogP contribution in [0, 0.1) is 0 Å². The molecule has 0 bridgehead atoms. The molecule has 1 heterocycles. The minimum Gasteiger partial charge on any atom is -0.378 e. The molecular formula is C18H34N6O2. The topological polar surface area (TPSA) is 107 Å². The second-order valence-corrected chi connectivity index (χ2v) is 6.91. The van der Waals surface area contributed by atoms with Gasteiger partial charge in [-0.3, -0.25) is 0 Å². The molecule has 0 aliphatic heterocycles. The van der Waals surface area contributed by atoms with Crippen molar-refractivity contribution < 1.29 is 9.47 Å². The molecule has 1 saturated carbocycles. The first-order valence-corrected chi connectivity index (χ1v) is 9.81. The highest BCUT2D eigenvalue weighted by atomic mass is 16.5. The van der Waals surface area contributed by atoms with Crippen LogP contribution in [0.5, 0.6) is 0 Å². The summed E-state index contributed by atoms with van der Waals surface area (Å²) >= 11 is 0. The summed E-state index contributed by atoms with van der Waals surface area (Å²) in [5.74, 6) is 2.33. The van der Waals surface area contributed by atoms with Crippen molar-refractivity contribution in [2.24, 2.45) is 5.73 Å². The lowest BCUT2D eigenvalue weighted by Crippen LogP contribution is -2.24. The van der Waals surface area contributed by atoms with Gasteiger partial charge in [0.05, 0.1) is 26.4 Å². The van der Waals surface area contributed by atoms with Crippen LogP contribution in [0.15, 0.2) is 0 Å². The third kappa shape index (κ3) is 7.80. The van der Waals surface area contributed by atoms with Crippen LogP contribution in [0.4, 0.5) is 11.9 Å². The molecule has 8 heteroatoms. The molecule has 0 atom stereocenters. The Labute approximate surface area is 156 Å². The fourth-order valence-electron chi connectivity index (χ4n) is 2.86. The van der Waals surface area contributed by atoms with E-state index in [9.17, 15) is 0 Å². The Balaban J connectivity index is 1.80. The summed E-state index contributed by atoms with van der Waals surface area (Å²) in [6, 6.07) is 0.468. The second-order valence-electron chi connectivity index (χ2n) is 6.91. The third-order valence-electron chi connectivity index (χ3n) is 4.27. The molecule has 148 valence electrons. The van der Waals surface area contributed by atoms with E-state index in [1.165, 1.54) is 32.1 Å². The molecule has 0 saturated heterocycles. The smallest absolute Gasteiger partial charge is 0.227 e. The van der Waals surface area contributed by atoms with Gasteiger partial charge < -0.3 is 25.8 Å². The molecule has 26 heavy (non-hydrogen) atoms. The van der Waals surface area contributed by atoms with Gasteiger partial charge in [-0.05, 0) is 12.8 Å². The van der Waals surface area contributed by atoms with E-state index in [-0.39, 0.29) is 5.92 Å². The first-order valence-electron chi connectivity index (χ1n) is 9.81. The molecule has 2 rings (SSSR count). The monoisotopic (exact) mass is 366 g/mol. The summed E-state index contributed by atoms with van der Waals surface area (Å²) < 4.78 is 10.8. The molecule has 0 radical (unpaired) electrons. The number of hydrogen-bond donors (Lipinski definition) is 3. The quantitative estimate of drug-likeness (QED) is 0.483. The van der Waals surface area contributed by atoms with Gasteiger partial charge >= 0.3 is 0 Å². The van der Waals surface area contributed by atoms with Crippen molar-refractivity contribution >= 4 is 11.9 Å². The van der Waals surface area contributed by atoms with Gasteiger partial charge in [-0.25, -0.2) is 0 Å². The lowest BCUT2D eigenvalue weighted by molar-refractivity contribution is 0.0547. The Morgan fingerprint density at radius 1 is 0.962 bits per heavy atom. The highest BCUT2D eigenvalue weighted by Crippen LogP contribution is 2.21. The molecule has 1 aromatic rings. The van der Waals surface area contributed by atoms with Crippen LogP contribution in [0.1, 0.15) is 57.7 Å². The predicted octanol–water partition coefficient (Wildman–Crippen LogP) is 2.14. The normalized spacial score (nSPS) is 15.4. The number of hydrogen-bond acceptors (Lipinski definition) is 8. The summed E-state index contributed by atoms with van der Waals surface area (Å²) in [4.78, 5) is 13.6. The lowest BCUT2D eigenvalue weighted by atomic mass is 9.96.